The van der Waals surface area contributed by atoms with Gasteiger partial charge in [0.25, 0.3) is 0 Å². The van der Waals surface area contributed by atoms with Gasteiger partial charge in [0.15, 0.2) is 0 Å². The minimum Gasteiger partial charge on any atom is -0.480 e. The molecule has 164 valence electrons. The summed E-state index contributed by atoms with van der Waals surface area (Å²) in [6, 6.07) is 8.44. The molecule has 2 amide bonds. The molecule has 1 aromatic rings. The lowest BCUT2D eigenvalue weighted by Gasteiger charge is -2.42. The number of amides is 2. The highest BCUT2D eigenvalue weighted by atomic mass is 32.2. The maximum Gasteiger partial charge on any atom is 0.326 e. The van der Waals surface area contributed by atoms with Crippen LogP contribution in [-0.2, 0) is 19.8 Å². The van der Waals surface area contributed by atoms with E-state index in [0.29, 0.717) is 32.4 Å². The predicted molar refractivity (Wildman–Crippen MR) is 117 cm³/mol. The Balaban J connectivity index is 1.80. The molecule has 2 fully saturated rings. The van der Waals surface area contributed by atoms with Gasteiger partial charge in [-0.1, -0.05) is 50.6 Å². The molecule has 2 heterocycles. The molecule has 0 radical (unpaired) electrons. The molecule has 0 saturated carbocycles. The van der Waals surface area contributed by atoms with Crippen molar-refractivity contribution in [3.05, 3.63) is 35.9 Å². The van der Waals surface area contributed by atoms with Crippen molar-refractivity contribution in [1.82, 2.24) is 15.5 Å². The second-order valence-electron chi connectivity index (χ2n) is 8.22. The van der Waals surface area contributed by atoms with Gasteiger partial charge in [0.1, 0.15) is 6.04 Å². The molecule has 0 aromatic heterocycles. The molecule has 3 rings (SSSR count). The first-order valence-electron chi connectivity index (χ1n) is 10.6. The number of likely N-dealkylation sites (tertiary alicyclic amines) is 1. The van der Waals surface area contributed by atoms with Crippen LogP contribution in [0.2, 0.25) is 0 Å². The number of carbonyl (C=O) groups is 3. The molecule has 30 heavy (non-hydrogen) atoms. The van der Waals surface area contributed by atoms with Crippen LogP contribution >= 0.6 is 11.8 Å². The van der Waals surface area contributed by atoms with Crippen molar-refractivity contribution in [2.24, 2.45) is 5.92 Å². The number of carbonyl (C=O) groups excluding carboxylic acids is 2. The van der Waals surface area contributed by atoms with E-state index >= 15 is 0 Å². The minimum absolute atomic E-state index is 0.0880. The number of hydrogen-bond donors (Lipinski definition) is 3. The van der Waals surface area contributed by atoms with Gasteiger partial charge in [-0.25, -0.2) is 4.79 Å². The van der Waals surface area contributed by atoms with Crippen LogP contribution in [0.4, 0.5) is 0 Å². The Morgan fingerprint density at radius 2 is 1.93 bits per heavy atom. The SMILES string of the molecule is CC[C@H](C)[C@H](NC(=O)C1(c2ccccc2)CCN(C(=O)[C@H]2CSCN2)CC1)C(=O)O. The van der Waals surface area contributed by atoms with Crippen LogP contribution in [-0.4, -0.2) is 64.6 Å². The smallest absolute Gasteiger partial charge is 0.326 e. The van der Waals surface area contributed by atoms with Crippen molar-refractivity contribution in [2.45, 2.75) is 50.6 Å². The Kier molecular flexibility index (Phi) is 7.41. The molecule has 2 saturated heterocycles. The van der Waals surface area contributed by atoms with Crippen LogP contribution < -0.4 is 10.6 Å². The zero-order chi connectivity index (χ0) is 21.7. The first-order chi connectivity index (χ1) is 14.4. The van der Waals surface area contributed by atoms with E-state index in [9.17, 15) is 19.5 Å². The Morgan fingerprint density at radius 3 is 2.47 bits per heavy atom. The Morgan fingerprint density at radius 1 is 1.27 bits per heavy atom. The number of nitrogens with zero attached hydrogens (tertiary/aromatic N) is 1. The van der Waals surface area contributed by atoms with Crippen molar-refractivity contribution in [1.29, 1.82) is 0 Å². The van der Waals surface area contributed by atoms with Crippen molar-refractivity contribution in [3.8, 4) is 0 Å². The third-order valence-electron chi connectivity index (χ3n) is 6.47. The van der Waals surface area contributed by atoms with Crippen LogP contribution in [0.3, 0.4) is 0 Å². The second-order valence-corrected chi connectivity index (χ2v) is 9.25. The Bertz CT molecular complexity index is 759. The van der Waals surface area contributed by atoms with Gasteiger partial charge in [-0.15, -0.1) is 11.8 Å². The average Bonchev–Trinajstić information content (AvgIpc) is 3.31. The third-order valence-corrected chi connectivity index (χ3v) is 7.41. The van der Waals surface area contributed by atoms with Gasteiger partial charge in [0.2, 0.25) is 11.8 Å². The number of carboxylic acids is 1. The summed E-state index contributed by atoms with van der Waals surface area (Å²) in [6.45, 7) is 4.71. The molecule has 0 spiro atoms. The van der Waals surface area contributed by atoms with E-state index in [0.717, 1.165) is 17.2 Å². The number of hydrogen-bond acceptors (Lipinski definition) is 5. The van der Waals surface area contributed by atoms with Crippen molar-refractivity contribution in [3.63, 3.8) is 0 Å². The zero-order valence-corrected chi connectivity index (χ0v) is 18.4. The second kappa shape index (κ2) is 9.83. The summed E-state index contributed by atoms with van der Waals surface area (Å²) in [7, 11) is 0. The molecule has 2 aliphatic heterocycles. The van der Waals surface area contributed by atoms with E-state index in [-0.39, 0.29) is 23.8 Å². The highest BCUT2D eigenvalue weighted by Crippen LogP contribution is 2.36. The largest absolute Gasteiger partial charge is 0.480 e. The van der Waals surface area contributed by atoms with Crippen molar-refractivity contribution < 1.29 is 19.5 Å². The van der Waals surface area contributed by atoms with Crippen LogP contribution in [0.1, 0.15) is 38.7 Å². The topological polar surface area (TPSA) is 98.7 Å². The number of carboxylic acid groups (broad SMARTS) is 1. The molecule has 3 N–H and O–H groups in total. The van der Waals surface area contributed by atoms with Gasteiger partial charge in [0, 0.05) is 24.7 Å². The lowest BCUT2D eigenvalue weighted by atomic mass is 9.71. The third kappa shape index (κ3) is 4.64. The number of thioether (sulfide) groups is 1. The van der Waals surface area contributed by atoms with Gasteiger partial charge in [-0.3, -0.25) is 14.9 Å². The number of rotatable bonds is 7. The summed E-state index contributed by atoms with van der Waals surface area (Å²) in [5.41, 5.74) is 0.0364. The molecular weight excluding hydrogens is 402 g/mol. The standard InChI is InChI=1S/C22H31N3O4S/c1-3-15(2)18(20(27)28)24-21(29)22(16-7-5-4-6-8-16)9-11-25(12-10-22)19(26)17-13-30-14-23-17/h4-8,15,17-18,23H,3,9-14H2,1-2H3,(H,24,29)(H,27,28)/t15-,17+,18-/m0/s1. The Labute approximate surface area is 182 Å². The van der Waals surface area contributed by atoms with Crippen molar-refractivity contribution >= 4 is 29.5 Å². The zero-order valence-electron chi connectivity index (χ0n) is 17.6. The fourth-order valence-corrected chi connectivity index (χ4v) is 5.18. The number of aliphatic carboxylic acids is 1. The molecule has 1 aromatic carbocycles. The normalized spacial score (nSPS) is 22.9. The highest BCUT2D eigenvalue weighted by Gasteiger charge is 2.45. The first-order valence-corrected chi connectivity index (χ1v) is 11.7. The highest BCUT2D eigenvalue weighted by molar-refractivity contribution is 7.99. The Hall–Kier alpha value is -2.06. The van der Waals surface area contributed by atoms with Gasteiger partial charge in [-0.05, 0) is 24.3 Å². The molecular formula is C22H31N3O4S. The fraction of sp³-hybridized carbons (Fsp3) is 0.591. The van der Waals surface area contributed by atoms with Gasteiger partial charge < -0.3 is 15.3 Å². The van der Waals surface area contributed by atoms with E-state index in [1.54, 1.807) is 11.8 Å². The molecule has 3 atom stereocenters. The number of nitrogens with one attached hydrogen (secondary N) is 2. The summed E-state index contributed by atoms with van der Waals surface area (Å²) < 4.78 is 0. The van der Waals surface area contributed by atoms with Crippen molar-refractivity contribution in [2.75, 3.05) is 24.7 Å². The summed E-state index contributed by atoms with van der Waals surface area (Å²) >= 11 is 1.71. The minimum atomic E-state index is -1.02. The van der Waals surface area contributed by atoms with E-state index in [1.165, 1.54) is 0 Å². The summed E-state index contributed by atoms with van der Waals surface area (Å²) in [5, 5.41) is 15.7. The number of benzene rings is 1. The first kappa shape index (κ1) is 22.6. The van der Waals surface area contributed by atoms with Gasteiger partial charge in [-0.2, -0.15) is 0 Å². The molecule has 0 unspecified atom stereocenters. The molecule has 0 bridgehead atoms. The van der Waals surface area contributed by atoms with Gasteiger partial charge in [0.05, 0.1) is 11.5 Å². The maximum absolute atomic E-state index is 13.5. The van der Waals surface area contributed by atoms with Crippen LogP contribution in [0.5, 0.6) is 0 Å². The summed E-state index contributed by atoms with van der Waals surface area (Å²) in [6.07, 6.45) is 1.60. The van der Waals surface area contributed by atoms with E-state index in [1.807, 2.05) is 49.1 Å². The lowest BCUT2D eigenvalue weighted by Crippen LogP contribution is -2.58. The van der Waals surface area contributed by atoms with E-state index in [4.69, 9.17) is 0 Å². The van der Waals surface area contributed by atoms with Crippen LogP contribution in [0, 0.1) is 5.92 Å². The summed E-state index contributed by atoms with van der Waals surface area (Å²) in [4.78, 5) is 39.9. The average molecular weight is 434 g/mol. The molecule has 2 aliphatic rings. The van der Waals surface area contributed by atoms with Crippen LogP contribution in [0.15, 0.2) is 30.3 Å². The molecule has 0 aliphatic carbocycles. The monoisotopic (exact) mass is 433 g/mol. The molecule has 8 heteroatoms. The van der Waals surface area contributed by atoms with Crippen LogP contribution in [0.25, 0.3) is 0 Å². The quantitative estimate of drug-likeness (QED) is 0.607. The van der Waals surface area contributed by atoms with Gasteiger partial charge >= 0.3 is 5.97 Å². The van der Waals surface area contributed by atoms with E-state index < -0.39 is 17.4 Å². The lowest BCUT2D eigenvalue weighted by molar-refractivity contribution is -0.145. The maximum atomic E-state index is 13.5. The predicted octanol–water partition coefficient (Wildman–Crippen LogP) is 1.82. The fourth-order valence-electron chi connectivity index (χ4n) is 4.25. The summed E-state index contributed by atoms with van der Waals surface area (Å²) in [5.74, 6) is 0.195. The molecule has 7 nitrogen and oxygen atoms in total. The van der Waals surface area contributed by atoms with E-state index in [2.05, 4.69) is 10.6 Å². The number of piperidine rings is 1.